The Bertz CT molecular complexity index is 248. The lowest BCUT2D eigenvalue weighted by atomic mass is 10.0. The standard InChI is InChI=1S/C13H21N/c1-11(2)5-4-6-12-7-9-13(14-3)10-8-12/h7-11,14H,4-6H2,1-3H3. The van der Waals surface area contributed by atoms with E-state index in [1.807, 2.05) is 7.05 Å². The lowest BCUT2D eigenvalue weighted by Gasteiger charge is -2.05. The predicted octanol–water partition coefficient (Wildman–Crippen LogP) is 3.71. The molecule has 0 saturated carbocycles. The Morgan fingerprint density at radius 1 is 1.14 bits per heavy atom. The first-order valence-electron chi connectivity index (χ1n) is 5.49. The summed E-state index contributed by atoms with van der Waals surface area (Å²) in [6.45, 7) is 4.56. The van der Waals surface area contributed by atoms with Crippen LogP contribution in [0.3, 0.4) is 0 Å². The van der Waals surface area contributed by atoms with Crippen molar-refractivity contribution in [1.29, 1.82) is 0 Å². The highest BCUT2D eigenvalue weighted by molar-refractivity contribution is 5.43. The third-order valence-electron chi connectivity index (χ3n) is 2.49. The van der Waals surface area contributed by atoms with Gasteiger partial charge < -0.3 is 5.32 Å². The van der Waals surface area contributed by atoms with E-state index in [0.29, 0.717) is 0 Å². The summed E-state index contributed by atoms with van der Waals surface area (Å²) < 4.78 is 0. The first-order valence-corrected chi connectivity index (χ1v) is 5.49. The molecule has 0 aromatic heterocycles. The zero-order valence-electron chi connectivity index (χ0n) is 9.51. The van der Waals surface area contributed by atoms with Gasteiger partial charge in [-0.15, -0.1) is 0 Å². The fraction of sp³-hybridized carbons (Fsp3) is 0.538. The zero-order valence-corrected chi connectivity index (χ0v) is 9.51. The quantitative estimate of drug-likeness (QED) is 0.748. The maximum absolute atomic E-state index is 3.13. The molecular formula is C13H21N. The van der Waals surface area contributed by atoms with E-state index in [1.54, 1.807) is 0 Å². The van der Waals surface area contributed by atoms with E-state index in [1.165, 1.54) is 30.5 Å². The van der Waals surface area contributed by atoms with Crippen molar-refractivity contribution in [2.45, 2.75) is 33.1 Å². The summed E-state index contributed by atoms with van der Waals surface area (Å²) in [5.41, 5.74) is 2.64. The summed E-state index contributed by atoms with van der Waals surface area (Å²) in [6, 6.07) is 8.72. The lowest BCUT2D eigenvalue weighted by molar-refractivity contribution is 0.556. The summed E-state index contributed by atoms with van der Waals surface area (Å²) in [7, 11) is 1.95. The van der Waals surface area contributed by atoms with Crippen molar-refractivity contribution >= 4 is 5.69 Å². The molecule has 0 saturated heterocycles. The van der Waals surface area contributed by atoms with E-state index >= 15 is 0 Å². The molecule has 0 aliphatic heterocycles. The van der Waals surface area contributed by atoms with Gasteiger partial charge in [-0.2, -0.15) is 0 Å². The maximum atomic E-state index is 3.13. The molecule has 0 atom stereocenters. The molecule has 0 radical (unpaired) electrons. The molecule has 0 aliphatic rings. The molecule has 1 rings (SSSR count). The normalized spacial score (nSPS) is 10.6. The van der Waals surface area contributed by atoms with Crippen LogP contribution in [-0.4, -0.2) is 7.05 Å². The van der Waals surface area contributed by atoms with Crippen LogP contribution in [-0.2, 0) is 6.42 Å². The van der Waals surface area contributed by atoms with Crippen molar-refractivity contribution < 1.29 is 0 Å². The molecule has 0 amide bonds. The monoisotopic (exact) mass is 191 g/mol. The largest absolute Gasteiger partial charge is 0.388 e. The molecule has 1 heteroatoms. The Labute approximate surface area is 87.5 Å². The molecule has 0 fully saturated rings. The molecule has 0 aliphatic carbocycles. The van der Waals surface area contributed by atoms with Gasteiger partial charge in [0, 0.05) is 12.7 Å². The number of nitrogens with one attached hydrogen (secondary N) is 1. The Morgan fingerprint density at radius 3 is 2.29 bits per heavy atom. The van der Waals surface area contributed by atoms with Crippen LogP contribution in [0, 0.1) is 5.92 Å². The second-order valence-corrected chi connectivity index (χ2v) is 4.23. The lowest BCUT2D eigenvalue weighted by Crippen LogP contribution is -1.92. The van der Waals surface area contributed by atoms with Crippen molar-refractivity contribution in [2.24, 2.45) is 5.92 Å². The van der Waals surface area contributed by atoms with Crippen molar-refractivity contribution in [3.63, 3.8) is 0 Å². The summed E-state index contributed by atoms with van der Waals surface area (Å²) in [5.74, 6) is 0.826. The Hall–Kier alpha value is -0.980. The number of aryl methyl sites for hydroxylation is 1. The van der Waals surface area contributed by atoms with E-state index in [9.17, 15) is 0 Å². The Kier molecular flexibility index (Phi) is 4.51. The van der Waals surface area contributed by atoms with Crippen LogP contribution in [0.25, 0.3) is 0 Å². The van der Waals surface area contributed by atoms with Crippen molar-refractivity contribution in [3.05, 3.63) is 29.8 Å². The van der Waals surface area contributed by atoms with E-state index in [4.69, 9.17) is 0 Å². The van der Waals surface area contributed by atoms with Gasteiger partial charge in [0.15, 0.2) is 0 Å². The summed E-state index contributed by atoms with van der Waals surface area (Å²) in [4.78, 5) is 0. The molecule has 0 bridgehead atoms. The molecule has 0 spiro atoms. The van der Waals surface area contributed by atoms with Crippen LogP contribution in [0.1, 0.15) is 32.3 Å². The van der Waals surface area contributed by atoms with Crippen LogP contribution in [0.5, 0.6) is 0 Å². The zero-order chi connectivity index (χ0) is 10.4. The fourth-order valence-corrected chi connectivity index (χ4v) is 1.55. The SMILES string of the molecule is CNc1ccc(CCCC(C)C)cc1. The van der Waals surface area contributed by atoms with Gasteiger partial charge >= 0.3 is 0 Å². The molecular weight excluding hydrogens is 170 g/mol. The van der Waals surface area contributed by atoms with Crippen molar-refractivity contribution in [2.75, 3.05) is 12.4 Å². The number of hydrogen-bond donors (Lipinski definition) is 1. The Morgan fingerprint density at radius 2 is 1.79 bits per heavy atom. The van der Waals surface area contributed by atoms with Gasteiger partial charge in [-0.3, -0.25) is 0 Å². The van der Waals surface area contributed by atoms with Gasteiger partial charge in [-0.25, -0.2) is 0 Å². The van der Waals surface area contributed by atoms with Crippen LogP contribution in [0.4, 0.5) is 5.69 Å². The molecule has 1 aromatic rings. The van der Waals surface area contributed by atoms with Gasteiger partial charge in [0.25, 0.3) is 0 Å². The number of anilines is 1. The predicted molar refractivity (Wildman–Crippen MR) is 63.8 cm³/mol. The first kappa shape index (κ1) is 11.1. The van der Waals surface area contributed by atoms with Crippen LogP contribution < -0.4 is 5.32 Å². The molecule has 1 nitrogen and oxygen atoms in total. The van der Waals surface area contributed by atoms with E-state index in [2.05, 4.69) is 43.4 Å². The highest BCUT2D eigenvalue weighted by atomic mass is 14.8. The molecule has 0 unspecified atom stereocenters. The minimum absolute atomic E-state index is 0.826. The maximum Gasteiger partial charge on any atom is 0.0337 e. The average Bonchev–Trinajstić information content (AvgIpc) is 2.18. The molecule has 0 heterocycles. The van der Waals surface area contributed by atoms with E-state index in [0.717, 1.165) is 5.92 Å². The highest BCUT2D eigenvalue weighted by Crippen LogP contribution is 2.12. The van der Waals surface area contributed by atoms with Gasteiger partial charge in [0.1, 0.15) is 0 Å². The molecule has 1 N–H and O–H groups in total. The van der Waals surface area contributed by atoms with Gasteiger partial charge in [0.2, 0.25) is 0 Å². The van der Waals surface area contributed by atoms with Gasteiger partial charge in [0.05, 0.1) is 0 Å². The molecule has 14 heavy (non-hydrogen) atoms. The summed E-state index contributed by atoms with van der Waals surface area (Å²) in [5, 5.41) is 3.13. The second-order valence-electron chi connectivity index (χ2n) is 4.23. The third-order valence-corrected chi connectivity index (χ3v) is 2.49. The number of hydrogen-bond acceptors (Lipinski definition) is 1. The third kappa shape index (κ3) is 3.82. The topological polar surface area (TPSA) is 12.0 Å². The number of benzene rings is 1. The number of rotatable bonds is 5. The average molecular weight is 191 g/mol. The van der Waals surface area contributed by atoms with Gasteiger partial charge in [-0.05, 0) is 36.5 Å². The minimum Gasteiger partial charge on any atom is -0.388 e. The Balaban J connectivity index is 2.36. The minimum atomic E-state index is 0.826. The van der Waals surface area contributed by atoms with Crippen molar-refractivity contribution in [1.82, 2.24) is 0 Å². The van der Waals surface area contributed by atoms with Gasteiger partial charge in [-0.1, -0.05) is 32.4 Å². The fourth-order valence-electron chi connectivity index (χ4n) is 1.55. The van der Waals surface area contributed by atoms with Crippen molar-refractivity contribution in [3.8, 4) is 0 Å². The first-order chi connectivity index (χ1) is 6.72. The van der Waals surface area contributed by atoms with Crippen LogP contribution >= 0.6 is 0 Å². The molecule has 1 aromatic carbocycles. The van der Waals surface area contributed by atoms with Crippen LogP contribution in [0.15, 0.2) is 24.3 Å². The van der Waals surface area contributed by atoms with Crippen LogP contribution in [0.2, 0.25) is 0 Å². The smallest absolute Gasteiger partial charge is 0.0337 e. The summed E-state index contributed by atoms with van der Waals surface area (Å²) in [6.07, 6.45) is 3.84. The van der Waals surface area contributed by atoms with E-state index in [-0.39, 0.29) is 0 Å². The summed E-state index contributed by atoms with van der Waals surface area (Å²) >= 11 is 0. The second kappa shape index (κ2) is 5.69. The van der Waals surface area contributed by atoms with E-state index < -0.39 is 0 Å². The highest BCUT2D eigenvalue weighted by Gasteiger charge is 1.96. The molecule has 78 valence electrons.